The zero-order valence-electron chi connectivity index (χ0n) is 18.1. The van der Waals surface area contributed by atoms with E-state index in [0.29, 0.717) is 30.2 Å². The number of pyridine rings is 1. The van der Waals surface area contributed by atoms with Crippen molar-refractivity contribution >= 4 is 34.1 Å². The zero-order valence-corrected chi connectivity index (χ0v) is 18.9. The molecular weight excluding hydrogens is 424 g/mol. The molecular formula is C25H27ClN4O2. The third kappa shape index (κ3) is 3.94. The van der Waals surface area contributed by atoms with Crippen LogP contribution < -0.4 is 4.90 Å². The number of amides is 1. The van der Waals surface area contributed by atoms with Gasteiger partial charge in [0.05, 0.1) is 17.7 Å². The first-order chi connectivity index (χ1) is 15.5. The number of aromatic nitrogens is 1. The summed E-state index contributed by atoms with van der Waals surface area (Å²) in [6.07, 6.45) is 1.42. The summed E-state index contributed by atoms with van der Waals surface area (Å²) in [7, 11) is 0. The highest BCUT2D eigenvalue weighted by Gasteiger charge is 2.38. The maximum Gasteiger partial charge on any atom is 0.253 e. The number of rotatable bonds is 3. The van der Waals surface area contributed by atoms with Crippen molar-refractivity contribution < 1.29 is 9.90 Å². The summed E-state index contributed by atoms with van der Waals surface area (Å²) in [5.41, 5.74) is 3.95. The fraction of sp³-hybridized carbons (Fsp3) is 0.360. The van der Waals surface area contributed by atoms with E-state index in [1.807, 2.05) is 17.2 Å². The number of anilines is 1. The number of carbonyl (C=O) groups is 1. The molecule has 2 atom stereocenters. The number of aliphatic hydroxyl groups excluding tert-OH is 1. The number of hydrogen-bond donors (Lipinski definition) is 1. The fourth-order valence-corrected chi connectivity index (χ4v) is 5.07. The number of aliphatic hydroxyl groups is 1. The molecule has 0 saturated carbocycles. The maximum atomic E-state index is 12.8. The monoisotopic (exact) mass is 450 g/mol. The van der Waals surface area contributed by atoms with Gasteiger partial charge in [-0.2, -0.15) is 0 Å². The summed E-state index contributed by atoms with van der Waals surface area (Å²) < 4.78 is 0. The number of β-amino-alcohol motifs (C(OH)–C–C–N with tert-alkyl or cyclic N) is 1. The van der Waals surface area contributed by atoms with Gasteiger partial charge in [0.15, 0.2) is 0 Å². The van der Waals surface area contributed by atoms with Gasteiger partial charge in [-0.05, 0) is 42.8 Å². The molecule has 0 spiro atoms. The Hall–Kier alpha value is -2.67. The quantitative estimate of drug-likeness (QED) is 0.664. The van der Waals surface area contributed by atoms with Gasteiger partial charge < -0.3 is 14.9 Å². The number of carbonyl (C=O) groups excluding carboxylic acids is 1. The molecule has 166 valence electrons. The third-order valence-electron chi connectivity index (χ3n) is 6.71. The highest BCUT2D eigenvalue weighted by atomic mass is 35.5. The molecule has 2 fully saturated rings. The van der Waals surface area contributed by atoms with Gasteiger partial charge >= 0.3 is 0 Å². The largest absolute Gasteiger partial charge is 0.390 e. The van der Waals surface area contributed by atoms with E-state index in [1.165, 1.54) is 0 Å². The minimum Gasteiger partial charge on any atom is -0.390 e. The van der Waals surface area contributed by atoms with E-state index in [9.17, 15) is 9.90 Å². The normalized spacial score (nSPS) is 22.0. The van der Waals surface area contributed by atoms with E-state index in [1.54, 1.807) is 24.3 Å². The molecule has 1 N–H and O–H groups in total. The molecule has 3 aromatic rings. The lowest BCUT2D eigenvalue weighted by atomic mass is 10.1. The lowest BCUT2D eigenvalue weighted by Crippen LogP contribution is -2.54. The number of halogens is 1. The Bertz CT molecular complexity index is 1130. The number of hydrogen-bond acceptors (Lipinski definition) is 5. The molecule has 7 heteroatoms. The first-order valence-corrected chi connectivity index (χ1v) is 11.5. The van der Waals surface area contributed by atoms with Crippen LogP contribution >= 0.6 is 11.6 Å². The smallest absolute Gasteiger partial charge is 0.253 e. The minimum atomic E-state index is -0.429. The van der Waals surface area contributed by atoms with E-state index in [4.69, 9.17) is 11.6 Å². The molecule has 1 aromatic heterocycles. The number of para-hydroxylation sites is 1. The van der Waals surface area contributed by atoms with Crippen molar-refractivity contribution in [3.63, 3.8) is 0 Å². The molecule has 5 rings (SSSR count). The number of nitrogens with zero attached hydrogens (tertiary/aromatic N) is 4. The Morgan fingerprint density at radius 1 is 1.03 bits per heavy atom. The van der Waals surface area contributed by atoms with E-state index >= 15 is 0 Å². The number of aryl methyl sites for hydroxylation is 1. The minimum absolute atomic E-state index is 0.0357. The second-order valence-electron chi connectivity index (χ2n) is 8.68. The third-order valence-corrected chi connectivity index (χ3v) is 6.96. The van der Waals surface area contributed by atoms with E-state index in [2.05, 4.69) is 39.9 Å². The second-order valence-corrected chi connectivity index (χ2v) is 9.11. The van der Waals surface area contributed by atoms with Gasteiger partial charge in [-0.3, -0.25) is 14.7 Å². The standard InChI is InChI=1S/C25H27ClN4O2/c1-17-3-2-4-20-21(9-10-27-24(17)20)30-15-22(23(31)16-30)28-11-13-29(14-12-28)25(32)18-5-7-19(26)8-6-18/h2-10,22-23,31H,11-16H2,1H3/t22-,23-/m1/s1. The summed E-state index contributed by atoms with van der Waals surface area (Å²) in [6, 6.07) is 15.4. The zero-order chi connectivity index (χ0) is 22.2. The summed E-state index contributed by atoms with van der Waals surface area (Å²) in [5, 5.41) is 12.6. The van der Waals surface area contributed by atoms with Crippen molar-refractivity contribution in [2.24, 2.45) is 0 Å². The molecule has 0 bridgehead atoms. The molecule has 2 aliphatic rings. The van der Waals surface area contributed by atoms with Crippen LogP contribution in [0.2, 0.25) is 5.02 Å². The first-order valence-electron chi connectivity index (χ1n) is 11.1. The number of piperazine rings is 1. The van der Waals surface area contributed by atoms with Crippen molar-refractivity contribution in [3.05, 3.63) is 70.9 Å². The van der Waals surface area contributed by atoms with Crippen molar-refractivity contribution in [1.29, 1.82) is 0 Å². The predicted octanol–water partition coefficient (Wildman–Crippen LogP) is 3.20. The lowest BCUT2D eigenvalue weighted by molar-refractivity contribution is 0.0376. The van der Waals surface area contributed by atoms with Crippen LogP contribution in [-0.4, -0.2) is 77.2 Å². The summed E-state index contributed by atoms with van der Waals surface area (Å²) in [4.78, 5) is 23.8. The average molecular weight is 451 g/mol. The molecule has 2 aliphatic heterocycles. The molecule has 2 saturated heterocycles. The summed E-state index contributed by atoms with van der Waals surface area (Å²) >= 11 is 5.94. The molecule has 2 aromatic carbocycles. The lowest BCUT2D eigenvalue weighted by Gasteiger charge is -2.38. The van der Waals surface area contributed by atoms with Gasteiger partial charge in [0.25, 0.3) is 5.91 Å². The Labute approximate surface area is 193 Å². The average Bonchev–Trinajstić information content (AvgIpc) is 3.20. The van der Waals surface area contributed by atoms with Crippen LogP contribution in [0.15, 0.2) is 54.7 Å². The maximum absolute atomic E-state index is 12.8. The van der Waals surface area contributed by atoms with Gasteiger partial charge in [-0.25, -0.2) is 0 Å². The van der Waals surface area contributed by atoms with E-state index < -0.39 is 6.10 Å². The Balaban J connectivity index is 1.26. The number of benzene rings is 2. The van der Waals surface area contributed by atoms with Crippen molar-refractivity contribution in [2.75, 3.05) is 44.2 Å². The molecule has 0 unspecified atom stereocenters. The highest BCUT2D eigenvalue weighted by Crippen LogP contribution is 2.31. The van der Waals surface area contributed by atoms with Gasteiger partial charge in [0.2, 0.25) is 0 Å². The molecule has 1 amide bonds. The molecule has 0 radical (unpaired) electrons. The van der Waals surface area contributed by atoms with Crippen LogP contribution in [0.5, 0.6) is 0 Å². The summed E-state index contributed by atoms with van der Waals surface area (Å²) in [5.74, 6) is 0.0357. The second kappa shape index (κ2) is 8.70. The van der Waals surface area contributed by atoms with Crippen molar-refractivity contribution in [2.45, 2.75) is 19.1 Å². The van der Waals surface area contributed by atoms with Crippen LogP contribution in [0.1, 0.15) is 15.9 Å². The Morgan fingerprint density at radius 2 is 1.78 bits per heavy atom. The predicted molar refractivity (Wildman–Crippen MR) is 127 cm³/mol. The van der Waals surface area contributed by atoms with Crippen LogP contribution in [0.4, 0.5) is 5.69 Å². The molecule has 0 aliphatic carbocycles. The first kappa shape index (κ1) is 21.2. The molecule has 32 heavy (non-hydrogen) atoms. The van der Waals surface area contributed by atoms with Crippen molar-refractivity contribution in [3.8, 4) is 0 Å². The van der Waals surface area contributed by atoms with Gasteiger partial charge in [-0.15, -0.1) is 0 Å². The summed E-state index contributed by atoms with van der Waals surface area (Å²) in [6.45, 7) is 6.26. The molecule has 6 nitrogen and oxygen atoms in total. The van der Waals surface area contributed by atoms with Crippen molar-refractivity contribution in [1.82, 2.24) is 14.8 Å². The van der Waals surface area contributed by atoms with Gasteiger partial charge in [-0.1, -0.05) is 29.8 Å². The van der Waals surface area contributed by atoms with E-state index in [-0.39, 0.29) is 11.9 Å². The van der Waals surface area contributed by atoms with Gasteiger partial charge in [0, 0.05) is 67.1 Å². The van der Waals surface area contributed by atoms with Crippen LogP contribution in [0, 0.1) is 6.92 Å². The highest BCUT2D eigenvalue weighted by molar-refractivity contribution is 6.30. The van der Waals surface area contributed by atoms with Crippen LogP contribution in [-0.2, 0) is 0 Å². The number of fused-ring (bicyclic) bond motifs is 1. The van der Waals surface area contributed by atoms with Crippen LogP contribution in [0.25, 0.3) is 10.9 Å². The van der Waals surface area contributed by atoms with Gasteiger partial charge in [0.1, 0.15) is 0 Å². The SMILES string of the molecule is Cc1cccc2c(N3C[C@@H](O)[C@H](N4CCN(C(=O)c5ccc(Cl)cc5)CC4)C3)ccnc12. The fourth-order valence-electron chi connectivity index (χ4n) is 4.94. The topological polar surface area (TPSA) is 59.9 Å². The Morgan fingerprint density at radius 3 is 2.53 bits per heavy atom. The van der Waals surface area contributed by atoms with E-state index in [0.717, 1.165) is 41.8 Å². The Kier molecular flexibility index (Phi) is 5.76. The molecule has 3 heterocycles. The van der Waals surface area contributed by atoms with Crippen LogP contribution in [0.3, 0.4) is 0 Å².